The minimum atomic E-state index is -1.02. The predicted octanol–water partition coefficient (Wildman–Crippen LogP) is 0.324. The van der Waals surface area contributed by atoms with Crippen molar-refractivity contribution in [2.45, 2.75) is 26.7 Å². The van der Waals surface area contributed by atoms with Crippen LogP contribution in [0, 0.1) is 11.8 Å². The Morgan fingerprint density at radius 3 is 2.12 bits per heavy atom. The van der Waals surface area contributed by atoms with Gasteiger partial charge in [0.1, 0.15) is 0 Å². The third kappa shape index (κ3) is 5.33. The number of carbonyl (C=O) groups is 3. The van der Waals surface area contributed by atoms with Gasteiger partial charge in [0.15, 0.2) is 0 Å². The molecule has 0 radical (unpaired) electrons. The molecule has 0 saturated carbocycles. The molecule has 0 aromatic heterocycles. The Morgan fingerprint density at radius 2 is 1.69 bits per heavy atom. The summed E-state index contributed by atoms with van der Waals surface area (Å²) in [7, 11) is 0. The summed E-state index contributed by atoms with van der Waals surface area (Å²) in [5.74, 6) is -3.67. The normalized spacial score (nSPS) is 13.9. The van der Waals surface area contributed by atoms with E-state index >= 15 is 0 Å². The van der Waals surface area contributed by atoms with Crippen LogP contribution in [0.15, 0.2) is 0 Å². The molecule has 92 valence electrons. The average molecular weight is 231 g/mol. The minimum Gasteiger partial charge on any atom is -0.481 e. The highest BCUT2D eigenvalue weighted by Crippen LogP contribution is 2.10. The first kappa shape index (κ1) is 14.4. The zero-order valence-corrected chi connectivity index (χ0v) is 9.40. The number of amides is 1. The Balaban J connectivity index is 3.88. The molecular weight excluding hydrogens is 214 g/mol. The number of hydrogen-bond acceptors (Lipinski definition) is 3. The maximum Gasteiger partial charge on any atom is 0.307 e. The van der Waals surface area contributed by atoms with Gasteiger partial charge in [-0.15, -0.1) is 0 Å². The summed E-state index contributed by atoms with van der Waals surface area (Å²) < 4.78 is 0. The Bertz CT molecular complexity index is 276. The van der Waals surface area contributed by atoms with Crippen molar-refractivity contribution in [3.8, 4) is 0 Å². The number of carbonyl (C=O) groups excluding carboxylic acids is 1. The van der Waals surface area contributed by atoms with Crippen LogP contribution in [-0.4, -0.2) is 34.6 Å². The van der Waals surface area contributed by atoms with Crippen molar-refractivity contribution in [3.05, 3.63) is 0 Å². The fraction of sp³-hybridized carbons (Fsp3) is 0.700. The number of nitrogens with one attached hydrogen (secondary N) is 1. The third-order valence-corrected chi connectivity index (χ3v) is 2.42. The van der Waals surface area contributed by atoms with Gasteiger partial charge in [-0.1, -0.05) is 13.8 Å². The Hall–Kier alpha value is -1.59. The van der Waals surface area contributed by atoms with Gasteiger partial charge in [0.05, 0.1) is 5.92 Å². The van der Waals surface area contributed by atoms with E-state index < -0.39 is 23.8 Å². The van der Waals surface area contributed by atoms with E-state index in [2.05, 4.69) is 5.32 Å². The third-order valence-electron chi connectivity index (χ3n) is 2.42. The van der Waals surface area contributed by atoms with Gasteiger partial charge in [0.2, 0.25) is 5.91 Å². The SMILES string of the molecule is CC(C(=O)O)C(C)C(=O)NCCCC(=O)O. The molecule has 3 N–H and O–H groups in total. The van der Waals surface area contributed by atoms with E-state index in [9.17, 15) is 14.4 Å². The Kier molecular flexibility index (Phi) is 6.14. The Labute approximate surface area is 93.6 Å². The first-order valence-electron chi connectivity index (χ1n) is 5.08. The summed E-state index contributed by atoms with van der Waals surface area (Å²) in [5, 5.41) is 19.6. The molecule has 6 heteroatoms. The van der Waals surface area contributed by atoms with Gasteiger partial charge < -0.3 is 15.5 Å². The van der Waals surface area contributed by atoms with E-state index in [1.54, 1.807) is 0 Å². The lowest BCUT2D eigenvalue weighted by Gasteiger charge is -2.15. The van der Waals surface area contributed by atoms with Crippen LogP contribution in [-0.2, 0) is 14.4 Å². The van der Waals surface area contributed by atoms with E-state index in [0.717, 1.165) is 0 Å². The number of carboxylic acid groups (broad SMARTS) is 2. The molecule has 2 unspecified atom stereocenters. The van der Waals surface area contributed by atoms with Crippen LogP contribution in [0.4, 0.5) is 0 Å². The quantitative estimate of drug-likeness (QED) is 0.547. The maximum absolute atomic E-state index is 11.4. The van der Waals surface area contributed by atoms with E-state index in [-0.39, 0.29) is 18.9 Å². The van der Waals surface area contributed by atoms with Crippen molar-refractivity contribution < 1.29 is 24.6 Å². The molecule has 2 atom stereocenters. The Morgan fingerprint density at radius 1 is 1.12 bits per heavy atom. The van der Waals surface area contributed by atoms with Gasteiger partial charge in [-0.2, -0.15) is 0 Å². The molecule has 16 heavy (non-hydrogen) atoms. The number of aliphatic carboxylic acids is 2. The molecule has 0 aliphatic heterocycles. The van der Waals surface area contributed by atoms with Gasteiger partial charge in [-0.05, 0) is 6.42 Å². The predicted molar refractivity (Wildman–Crippen MR) is 55.8 cm³/mol. The van der Waals surface area contributed by atoms with Crippen LogP contribution in [0.1, 0.15) is 26.7 Å². The van der Waals surface area contributed by atoms with Crippen LogP contribution >= 0.6 is 0 Å². The molecule has 0 aromatic rings. The van der Waals surface area contributed by atoms with Crippen molar-refractivity contribution in [2.75, 3.05) is 6.54 Å². The van der Waals surface area contributed by atoms with Crippen LogP contribution in [0.5, 0.6) is 0 Å². The summed E-state index contributed by atoms with van der Waals surface area (Å²) in [4.78, 5) is 32.2. The van der Waals surface area contributed by atoms with Gasteiger partial charge in [0.25, 0.3) is 0 Å². The largest absolute Gasteiger partial charge is 0.481 e. The zero-order valence-electron chi connectivity index (χ0n) is 9.40. The minimum absolute atomic E-state index is 0.0108. The fourth-order valence-corrected chi connectivity index (χ4v) is 1.05. The molecule has 6 nitrogen and oxygen atoms in total. The van der Waals surface area contributed by atoms with Crippen LogP contribution in [0.25, 0.3) is 0 Å². The molecule has 0 saturated heterocycles. The topological polar surface area (TPSA) is 104 Å². The van der Waals surface area contributed by atoms with Crippen molar-refractivity contribution in [1.82, 2.24) is 5.32 Å². The molecule has 0 heterocycles. The molecule has 0 rings (SSSR count). The second-order valence-electron chi connectivity index (χ2n) is 3.70. The second kappa shape index (κ2) is 6.81. The lowest BCUT2D eigenvalue weighted by Crippen LogP contribution is -2.35. The standard InChI is InChI=1S/C10H17NO5/c1-6(7(2)10(15)16)9(14)11-5-3-4-8(12)13/h6-7H,3-5H2,1-2H3,(H,11,14)(H,12,13)(H,15,16). The summed E-state index contributed by atoms with van der Waals surface area (Å²) in [5.41, 5.74) is 0. The monoisotopic (exact) mass is 231 g/mol. The fourth-order valence-electron chi connectivity index (χ4n) is 1.05. The molecule has 0 fully saturated rings. The average Bonchev–Trinajstić information content (AvgIpc) is 2.21. The zero-order chi connectivity index (χ0) is 12.7. The van der Waals surface area contributed by atoms with Gasteiger partial charge in [0, 0.05) is 18.9 Å². The van der Waals surface area contributed by atoms with E-state index in [1.807, 2.05) is 0 Å². The molecule has 0 bridgehead atoms. The summed E-state index contributed by atoms with van der Waals surface area (Å²) >= 11 is 0. The van der Waals surface area contributed by atoms with Crippen LogP contribution in [0.3, 0.4) is 0 Å². The highest BCUT2D eigenvalue weighted by Gasteiger charge is 2.25. The molecule has 0 aliphatic rings. The summed E-state index contributed by atoms with van der Waals surface area (Å²) in [6.07, 6.45) is 0.332. The summed E-state index contributed by atoms with van der Waals surface area (Å²) in [6.45, 7) is 3.25. The highest BCUT2D eigenvalue weighted by atomic mass is 16.4. The van der Waals surface area contributed by atoms with Crippen molar-refractivity contribution in [1.29, 1.82) is 0 Å². The first-order valence-corrected chi connectivity index (χ1v) is 5.08. The van der Waals surface area contributed by atoms with Crippen LogP contribution < -0.4 is 5.32 Å². The lowest BCUT2D eigenvalue weighted by atomic mass is 9.95. The van der Waals surface area contributed by atoms with Crippen molar-refractivity contribution >= 4 is 17.8 Å². The molecule has 0 spiro atoms. The van der Waals surface area contributed by atoms with Crippen molar-refractivity contribution in [3.63, 3.8) is 0 Å². The van der Waals surface area contributed by atoms with E-state index in [1.165, 1.54) is 13.8 Å². The second-order valence-corrected chi connectivity index (χ2v) is 3.70. The molecular formula is C10H17NO5. The van der Waals surface area contributed by atoms with Crippen LogP contribution in [0.2, 0.25) is 0 Å². The first-order chi connectivity index (χ1) is 7.36. The molecule has 0 aromatic carbocycles. The smallest absolute Gasteiger partial charge is 0.307 e. The van der Waals surface area contributed by atoms with E-state index in [0.29, 0.717) is 6.42 Å². The number of hydrogen-bond donors (Lipinski definition) is 3. The maximum atomic E-state index is 11.4. The van der Waals surface area contributed by atoms with Gasteiger partial charge in [-0.3, -0.25) is 14.4 Å². The highest BCUT2D eigenvalue weighted by molar-refractivity contribution is 5.84. The summed E-state index contributed by atoms with van der Waals surface area (Å²) in [6, 6.07) is 0. The molecule has 1 amide bonds. The lowest BCUT2D eigenvalue weighted by molar-refractivity contribution is -0.146. The van der Waals surface area contributed by atoms with Crippen molar-refractivity contribution in [2.24, 2.45) is 11.8 Å². The van der Waals surface area contributed by atoms with Gasteiger partial charge >= 0.3 is 11.9 Å². The number of rotatable bonds is 7. The number of carboxylic acids is 2. The van der Waals surface area contributed by atoms with Gasteiger partial charge in [-0.25, -0.2) is 0 Å². The van der Waals surface area contributed by atoms with E-state index in [4.69, 9.17) is 10.2 Å². The molecule has 0 aliphatic carbocycles.